The van der Waals surface area contributed by atoms with Gasteiger partial charge in [0.25, 0.3) is 5.91 Å². The first-order valence-corrected chi connectivity index (χ1v) is 10.9. The van der Waals surface area contributed by atoms with Crippen LogP contribution in [0.25, 0.3) is 17.2 Å². The van der Waals surface area contributed by atoms with Crippen LogP contribution in [0.3, 0.4) is 0 Å². The third kappa shape index (κ3) is 3.81. The number of rotatable bonds is 6. The zero-order valence-electron chi connectivity index (χ0n) is 16.0. The number of para-hydroxylation sites is 2. The number of benzene rings is 2. The summed E-state index contributed by atoms with van der Waals surface area (Å²) in [6.45, 7) is 4.99. The lowest BCUT2D eigenvalue weighted by atomic mass is 10.3. The summed E-state index contributed by atoms with van der Waals surface area (Å²) in [7, 11) is -3.52. The molecule has 2 heterocycles. The highest BCUT2D eigenvalue weighted by molar-refractivity contribution is 7.89. The van der Waals surface area contributed by atoms with E-state index in [1.807, 2.05) is 39.7 Å². The fourth-order valence-corrected chi connectivity index (χ4v) is 5.20. The van der Waals surface area contributed by atoms with E-state index >= 15 is 0 Å². The molecule has 1 N–H and O–H groups in total. The van der Waals surface area contributed by atoms with Crippen molar-refractivity contribution in [1.82, 2.24) is 8.87 Å². The second-order valence-corrected chi connectivity index (χ2v) is 8.95. The van der Waals surface area contributed by atoms with Gasteiger partial charge >= 0.3 is 0 Å². The van der Waals surface area contributed by atoms with E-state index in [2.05, 4.69) is 11.9 Å². The SMILES string of the molecule is C=Cn1c[n+](CC(=O)Nc2cccc(S(=O)(=O)N3CCCC3)c2)c2ccccc21. The molecule has 1 fully saturated rings. The van der Waals surface area contributed by atoms with Crippen molar-refractivity contribution in [2.24, 2.45) is 0 Å². The number of hydrogen-bond acceptors (Lipinski definition) is 3. The van der Waals surface area contributed by atoms with Crippen molar-refractivity contribution in [3.05, 3.63) is 61.4 Å². The Labute approximate surface area is 169 Å². The quantitative estimate of drug-likeness (QED) is 0.633. The Bertz CT molecular complexity index is 1180. The second kappa shape index (κ2) is 7.81. The summed E-state index contributed by atoms with van der Waals surface area (Å²) in [4.78, 5) is 12.8. The highest BCUT2D eigenvalue weighted by Crippen LogP contribution is 2.23. The van der Waals surface area contributed by atoms with Gasteiger partial charge < -0.3 is 5.32 Å². The lowest BCUT2D eigenvalue weighted by molar-refractivity contribution is -0.658. The molecule has 1 aliphatic rings. The predicted octanol–water partition coefficient (Wildman–Crippen LogP) is 2.45. The number of nitrogens with one attached hydrogen (secondary N) is 1. The van der Waals surface area contributed by atoms with E-state index in [-0.39, 0.29) is 17.3 Å². The minimum atomic E-state index is -3.52. The first-order chi connectivity index (χ1) is 14.0. The number of carbonyl (C=O) groups excluding carboxylic acids is 1. The topological polar surface area (TPSA) is 75.3 Å². The molecule has 1 saturated heterocycles. The molecule has 8 heteroatoms. The maximum Gasteiger partial charge on any atom is 0.266 e. The minimum Gasteiger partial charge on any atom is -0.323 e. The van der Waals surface area contributed by atoms with E-state index in [1.165, 1.54) is 10.4 Å². The summed E-state index contributed by atoms with van der Waals surface area (Å²) in [6, 6.07) is 14.2. The van der Waals surface area contributed by atoms with Crippen LogP contribution >= 0.6 is 0 Å². The summed E-state index contributed by atoms with van der Waals surface area (Å²) < 4.78 is 30.7. The van der Waals surface area contributed by atoms with Crippen LogP contribution in [-0.2, 0) is 21.4 Å². The molecule has 0 atom stereocenters. The molecule has 2 aromatic carbocycles. The third-order valence-electron chi connectivity index (χ3n) is 5.06. The minimum absolute atomic E-state index is 0.102. The number of sulfonamides is 1. The van der Waals surface area contributed by atoms with Gasteiger partial charge in [-0.15, -0.1) is 0 Å². The van der Waals surface area contributed by atoms with Gasteiger partial charge in [-0.05, 0) is 43.2 Å². The molecular formula is C21H23N4O3S+. The smallest absolute Gasteiger partial charge is 0.266 e. The number of fused-ring (bicyclic) bond motifs is 1. The maximum absolute atomic E-state index is 12.7. The number of anilines is 1. The van der Waals surface area contributed by atoms with Crippen LogP contribution in [0.15, 0.2) is 66.3 Å². The summed E-state index contributed by atoms with van der Waals surface area (Å²) in [5, 5.41) is 2.81. The lowest BCUT2D eigenvalue weighted by Gasteiger charge is -2.16. The van der Waals surface area contributed by atoms with E-state index in [1.54, 1.807) is 24.4 Å². The molecule has 0 radical (unpaired) electrons. The van der Waals surface area contributed by atoms with Crippen molar-refractivity contribution >= 4 is 38.9 Å². The van der Waals surface area contributed by atoms with Gasteiger partial charge in [0.2, 0.25) is 16.4 Å². The highest BCUT2D eigenvalue weighted by atomic mass is 32.2. The standard InChI is InChI=1S/C21H22N4O3S/c1-2-23-16-24(20-11-4-3-10-19(20)23)15-21(26)22-17-8-7-9-18(14-17)29(27,28)25-12-5-6-13-25/h2-4,7-11,14,16H,1,5-6,12-13,15H2/p+1. The van der Waals surface area contributed by atoms with Gasteiger partial charge in [-0.3, -0.25) is 4.79 Å². The number of aromatic nitrogens is 2. The summed E-state index contributed by atoms with van der Waals surface area (Å²) in [5.74, 6) is -0.238. The van der Waals surface area contributed by atoms with E-state index in [0.717, 1.165) is 23.9 Å². The predicted molar refractivity (Wildman–Crippen MR) is 112 cm³/mol. The Balaban J connectivity index is 1.53. The highest BCUT2D eigenvalue weighted by Gasteiger charge is 2.27. The normalized spacial score (nSPS) is 14.9. The average Bonchev–Trinajstić information content (AvgIpc) is 3.37. The Morgan fingerprint density at radius 2 is 1.90 bits per heavy atom. The molecule has 4 rings (SSSR count). The molecule has 7 nitrogen and oxygen atoms in total. The van der Waals surface area contributed by atoms with E-state index in [4.69, 9.17) is 0 Å². The Hall–Kier alpha value is -2.97. The summed E-state index contributed by atoms with van der Waals surface area (Å²) in [5.41, 5.74) is 2.32. The van der Waals surface area contributed by atoms with Crippen molar-refractivity contribution < 1.29 is 17.8 Å². The first-order valence-electron chi connectivity index (χ1n) is 9.51. The molecule has 29 heavy (non-hydrogen) atoms. The summed E-state index contributed by atoms with van der Waals surface area (Å²) >= 11 is 0. The molecular weight excluding hydrogens is 388 g/mol. The Morgan fingerprint density at radius 3 is 2.66 bits per heavy atom. The van der Waals surface area contributed by atoms with E-state index < -0.39 is 10.0 Å². The molecule has 1 aliphatic heterocycles. The van der Waals surface area contributed by atoms with Crippen LogP contribution in [0.1, 0.15) is 12.8 Å². The Morgan fingerprint density at radius 1 is 1.14 bits per heavy atom. The van der Waals surface area contributed by atoms with Crippen LogP contribution < -0.4 is 9.88 Å². The third-order valence-corrected chi connectivity index (χ3v) is 6.96. The molecule has 3 aromatic rings. The number of carbonyl (C=O) groups is 1. The fourth-order valence-electron chi connectivity index (χ4n) is 3.64. The van der Waals surface area contributed by atoms with Gasteiger partial charge in [-0.25, -0.2) is 17.6 Å². The van der Waals surface area contributed by atoms with Crippen LogP contribution in [0, 0.1) is 0 Å². The van der Waals surface area contributed by atoms with Crippen molar-refractivity contribution in [2.45, 2.75) is 24.3 Å². The van der Waals surface area contributed by atoms with Crippen molar-refractivity contribution in [3.8, 4) is 0 Å². The second-order valence-electron chi connectivity index (χ2n) is 7.01. The van der Waals surface area contributed by atoms with Gasteiger partial charge in [0.05, 0.1) is 11.1 Å². The molecule has 0 unspecified atom stereocenters. The molecule has 150 valence electrons. The lowest BCUT2D eigenvalue weighted by Crippen LogP contribution is -2.39. The van der Waals surface area contributed by atoms with Gasteiger partial charge in [0, 0.05) is 18.8 Å². The monoisotopic (exact) mass is 411 g/mol. The van der Waals surface area contributed by atoms with Gasteiger partial charge in [-0.1, -0.05) is 24.8 Å². The van der Waals surface area contributed by atoms with Gasteiger partial charge in [0.15, 0.2) is 17.6 Å². The van der Waals surface area contributed by atoms with Crippen LogP contribution in [0.4, 0.5) is 5.69 Å². The van der Waals surface area contributed by atoms with Crippen LogP contribution in [0.5, 0.6) is 0 Å². The van der Waals surface area contributed by atoms with Crippen molar-refractivity contribution in [1.29, 1.82) is 0 Å². The van der Waals surface area contributed by atoms with Crippen LogP contribution in [0.2, 0.25) is 0 Å². The molecule has 0 saturated carbocycles. The van der Waals surface area contributed by atoms with E-state index in [0.29, 0.717) is 18.8 Å². The first kappa shape index (κ1) is 19.4. The average molecular weight is 412 g/mol. The van der Waals surface area contributed by atoms with Crippen molar-refractivity contribution in [3.63, 3.8) is 0 Å². The van der Waals surface area contributed by atoms with E-state index in [9.17, 15) is 13.2 Å². The van der Waals surface area contributed by atoms with Gasteiger partial charge in [-0.2, -0.15) is 4.31 Å². The largest absolute Gasteiger partial charge is 0.323 e. The molecule has 0 spiro atoms. The van der Waals surface area contributed by atoms with Crippen molar-refractivity contribution in [2.75, 3.05) is 18.4 Å². The fraction of sp³-hybridized carbons (Fsp3) is 0.238. The number of nitrogens with zero attached hydrogens (tertiary/aromatic N) is 3. The molecule has 0 bridgehead atoms. The number of amides is 1. The van der Waals surface area contributed by atoms with Gasteiger partial charge in [0.1, 0.15) is 0 Å². The molecule has 1 aromatic heterocycles. The van der Waals surface area contributed by atoms with Crippen LogP contribution in [-0.4, -0.2) is 36.3 Å². The maximum atomic E-state index is 12.7. The Kier molecular flexibility index (Phi) is 5.21. The number of imidazole rings is 1. The number of hydrogen-bond donors (Lipinski definition) is 1. The summed E-state index contributed by atoms with van der Waals surface area (Å²) in [6.07, 6.45) is 5.26. The zero-order chi connectivity index (χ0) is 20.4. The molecule has 0 aliphatic carbocycles. The zero-order valence-corrected chi connectivity index (χ0v) is 16.8. The molecule has 1 amide bonds.